The molecular formula is C13H15ClN2O2S. The van der Waals surface area contributed by atoms with Crippen LogP contribution in [0.4, 0.5) is 0 Å². The predicted octanol–water partition coefficient (Wildman–Crippen LogP) is 1.98. The maximum atomic E-state index is 12.5. The first-order valence-corrected chi connectivity index (χ1v) is 6.94. The molecule has 0 aliphatic carbocycles. The SMILES string of the molecule is CCC1C(=O)NCCN1C(=O)c1cc(S)ccc1Cl. The van der Waals surface area contributed by atoms with Crippen LogP contribution in [-0.2, 0) is 4.79 Å². The van der Waals surface area contributed by atoms with Gasteiger partial charge in [0.05, 0.1) is 10.6 Å². The van der Waals surface area contributed by atoms with Crippen LogP contribution in [0.15, 0.2) is 23.1 Å². The van der Waals surface area contributed by atoms with Crippen LogP contribution >= 0.6 is 24.2 Å². The van der Waals surface area contributed by atoms with E-state index in [-0.39, 0.29) is 11.8 Å². The predicted molar refractivity (Wildman–Crippen MR) is 76.8 cm³/mol. The minimum Gasteiger partial charge on any atom is -0.353 e. The Balaban J connectivity index is 2.32. The van der Waals surface area contributed by atoms with Gasteiger partial charge in [0.2, 0.25) is 5.91 Å². The molecule has 0 saturated carbocycles. The first-order valence-electron chi connectivity index (χ1n) is 6.11. The molecule has 2 amide bonds. The minimum atomic E-state index is -0.430. The molecule has 0 spiro atoms. The number of hydrogen-bond acceptors (Lipinski definition) is 3. The van der Waals surface area contributed by atoms with E-state index in [0.717, 1.165) is 0 Å². The Labute approximate surface area is 122 Å². The lowest BCUT2D eigenvalue weighted by molar-refractivity contribution is -0.127. The van der Waals surface area contributed by atoms with Gasteiger partial charge in [-0.1, -0.05) is 18.5 Å². The fourth-order valence-corrected chi connectivity index (χ4v) is 2.60. The summed E-state index contributed by atoms with van der Waals surface area (Å²) in [6.45, 7) is 2.85. The molecule has 0 bridgehead atoms. The van der Waals surface area contributed by atoms with Gasteiger partial charge in [-0.15, -0.1) is 12.6 Å². The molecule has 2 rings (SSSR count). The lowest BCUT2D eigenvalue weighted by Gasteiger charge is -2.34. The Morgan fingerprint density at radius 1 is 1.58 bits per heavy atom. The summed E-state index contributed by atoms with van der Waals surface area (Å²) in [5.41, 5.74) is 0.391. The summed E-state index contributed by atoms with van der Waals surface area (Å²) < 4.78 is 0. The molecule has 19 heavy (non-hydrogen) atoms. The molecule has 0 aromatic heterocycles. The van der Waals surface area contributed by atoms with Crippen molar-refractivity contribution in [2.75, 3.05) is 13.1 Å². The monoisotopic (exact) mass is 298 g/mol. The number of piperazine rings is 1. The largest absolute Gasteiger partial charge is 0.353 e. The second-order valence-corrected chi connectivity index (χ2v) is 5.30. The first kappa shape index (κ1) is 14.2. The van der Waals surface area contributed by atoms with E-state index >= 15 is 0 Å². The van der Waals surface area contributed by atoms with Crippen molar-refractivity contribution >= 4 is 36.0 Å². The second-order valence-electron chi connectivity index (χ2n) is 4.38. The summed E-state index contributed by atoms with van der Waals surface area (Å²) in [6.07, 6.45) is 0.579. The highest BCUT2D eigenvalue weighted by Gasteiger charge is 2.32. The average molecular weight is 299 g/mol. The maximum Gasteiger partial charge on any atom is 0.256 e. The van der Waals surface area contributed by atoms with Gasteiger partial charge in [-0.3, -0.25) is 9.59 Å². The molecule has 1 aliphatic rings. The second kappa shape index (κ2) is 5.84. The van der Waals surface area contributed by atoms with Crippen LogP contribution in [0.1, 0.15) is 23.7 Å². The summed E-state index contributed by atoms with van der Waals surface area (Å²) in [5.74, 6) is -0.331. The molecule has 102 valence electrons. The van der Waals surface area contributed by atoms with E-state index in [9.17, 15) is 9.59 Å². The number of rotatable bonds is 2. The molecular weight excluding hydrogens is 284 g/mol. The van der Waals surface area contributed by atoms with Crippen molar-refractivity contribution in [3.05, 3.63) is 28.8 Å². The summed E-state index contributed by atoms with van der Waals surface area (Å²) in [6, 6.07) is 4.57. The number of carbonyl (C=O) groups excluding carboxylic acids is 2. The van der Waals surface area contributed by atoms with Crippen LogP contribution in [0.5, 0.6) is 0 Å². The van der Waals surface area contributed by atoms with Crippen molar-refractivity contribution in [2.45, 2.75) is 24.3 Å². The van der Waals surface area contributed by atoms with Crippen molar-refractivity contribution in [3.63, 3.8) is 0 Å². The Hall–Kier alpha value is -1.20. The highest BCUT2D eigenvalue weighted by Crippen LogP contribution is 2.23. The number of carbonyl (C=O) groups is 2. The standard InChI is InChI=1S/C13H15ClN2O2S/c1-2-11-12(17)15-5-6-16(11)13(18)9-7-8(19)3-4-10(9)14/h3-4,7,11,19H,2,5-6H2,1H3,(H,15,17). The van der Waals surface area contributed by atoms with Gasteiger partial charge >= 0.3 is 0 Å². The molecule has 6 heteroatoms. The summed E-state index contributed by atoms with van der Waals surface area (Å²) in [5, 5.41) is 3.14. The minimum absolute atomic E-state index is 0.111. The van der Waals surface area contributed by atoms with Crippen molar-refractivity contribution < 1.29 is 9.59 Å². The van der Waals surface area contributed by atoms with Gasteiger partial charge in [0.25, 0.3) is 5.91 Å². The van der Waals surface area contributed by atoms with Gasteiger partial charge in [0, 0.05) is 18.0 Å². The van der Waals surface area contributed by atoms with E-state index in [1.807, 2.05) is 6.92 Å². The van der Waals surface area contributed by atoms with Crippen LogP contribution in [0, 0.1) is 0 Å². The number of thiol groups is 1. The van der Waals surface area contributed by atoms with Crippen molar-refractivity contribution in [3.8, 4) is 0 Å². The van der Waals surface area contributed by atoms with Crippen molar-refractivity contribution in [1.29, 1.82) is 0 Å². The fraction of sp³-hybridized carbons (Fsp3) is 0.385. The molecule has 1 unspecified atom stereocenters. The maximum absolute atomic E-state index is 12.5. The number of halogens is 1. The number of nitrogens with zero attached hydrogens (tertiary/aromatic N) is 1. The molecule has 1 aliphatic heterocycles. The molecule has 1 atom stereocenters. The first-order chi connectivity index (χ1) is 9.04. The molecule has 1 saturated heterocycles. The molecule has 1 fully saturated rings. The molecule has 1 aromatic rings. The van der Waals surface area contributed by atoms with E-state index in [1.165, 1.54) is 0 Å². The molecule has 1 N–H and O–H groups in total. The lowest BCUT2D eigenvalue weighted by Crippen LogP contribution is -2.56. The summed E-state index contributed by atoms with van der Waals surface area (Å²) in [7, 11) is 0. The van der Waals surface area contributed by atoms with Crippen LogP contribution in [0.25, 0.3) is 0 Å². The van der Waals surface area contributed by atoms with Gasteiger partial charge in [0.15, 0.2) is 0 Å². The zero-order valence-electron chi connectivity index (χ0n) is 10.5. The van der Waals surface area contributed by atoms with E-state index in [1.54, 1.807) is 23.1 Å². The Bertz CT molecular complexity index is 521. The van der Waals surface area contributed by atoms with Crippen molar-refractivity contribution in [1.82, 2.24) is 10.2 Å². The highest BCUT2D eigenvalue weighted by atomic mass is 35.5. The van der Waals surface area contributed by atoms with Crippen LogP contribution in [-0.4, -0.2) is 35.8 Å². The molecule has 1 aromatic carbocycles. The third kappa shape index (κ3) is 2.87. The van der Waals surface area contributed by atoms with E-state index in [4.69, 9.17) is 11.6 Å². The van der Waals surface area contributed by atoms with Gasteiger partial charge < -0.3 is 10.2 Å². The van der Waals surface area contributed by atoms with E-state index < -0.39 is 6.04 Å². The number of nitrogens with one attached hydrogen (secondary N) is 1. The third-order valence-corrected chi connectivity index (χ3v) is 3.77. The Kier molecular flexibility index (Phi) is 4.37. The smallest absolute Gasteiger partial charge is 0.256 e. The summed E-state index contributed by atoms with van der Waals surface area (Å²) in [4.78, 5) is 26.5. The van der Waals surface area contributed by atoms with Crippen LogP contribution in [0.3, 0.4) is 0 Å². The zero-order chi connectivity index (χ0) is 14.0. The molecule has 0 radical (unpaired) electrons. The summed E-state index contributed by atoms with van der Waals surface area (Å²) >= 11 is 10.3. The van der Waals surface area contributed by atoms with E-state index in [2.05, 4.69) is 17.9 Å². The molecule has 4 nitrogen and oxygen atoms in total. The Morgan fingerprint density at radius 3 is 3.00 bits per heavy atom. The lowest BCUT2D eigenvalue weighted by atomic mass is 10.1. The number of amides is 2. The average Bonchev–Trinajstić information content (AvgIpc) is 2.40. The van der Waals surface area contributed by atoms with Gasteiger partial charge in [-0.2, -0.15) is 0 Å². The number of benzene rings is 1. The normalized spacial score (nSPS) is 19.2. The number of hydrogen-bond donors (Lipinski definition) is 2. The quantitative estimate of drug-likeness (QED) is 0.820. The zero-order valence-corrected chi connectivity index (χ0v) is 12.2. The van der Waals surface area contributed by atoms with Gasteiger partial charge in [-0.05, 0) is 24.6 Å². The van der Waals surface area contributed by atoms with Gasteiger partial charge in [0.1, 0.15) is 6.04 Å². The van der Waals surface area contributed by atoms with Crippen molar-refractivity contribution in [2.24, 2.45) is 0 Å². The van der Waals surface area contributed by atoms with Crippen LogP contribution in [0.2, 0.25) is 5.02 Å². The van der Waals surface area contributed by atoms with Gasteiger partial charge in [-0.25, -0.2) is 0 Å². The Morgan fingerprint density at radius 2 is 2.32 bits per heavy atom. The third-order valence-electron chi connectivity index (χ3n) is 3.16. The highest BCUT2D eigenvalue weighted by molar-refractivity contribution is 7.80. The molecule has 1 heterocycles. The topological polar surface area (TPSA) is 49.4 Å². The fourth-order valence-electron chi connectivity index (χ4n) is 2.20. The van der Waals surface area contributed by atoms with Crippen LogP contribution < -0.4 is 5.32 Å². The van der Waals surface area contributed by atoms with E-state index in [0.29, 0.717) is 35.0 Å².